The van der Waals surface area contributed by atoms with Gasteiger partial charge in [-0.2, -0.15) is 4.98 Å². The van der Waals surface area contributed by atoms with E-state index in [4.69, 9.17) is 4.74 Å². The van der Waals surface area contributed by atoms with Gasteiger partial charge in [0.15, 0.2) is 0 Å². The Kier molecular flexibility index (Phi) is 4.93. The molecule has 0 radical (unpaired) electrons. The summed E-state index contributed by atoms with van der Waals surface area (Å²) in [6, 6.07) is 2.67. The number of nitrogens with zero attached hydrogens (tertiary/aromatic N) is 2. The fraction of sp³-hybridized carbons (Fsp3) is 0.364. The summed E-state index contributed by atoms with van der Waals surface area (Å²) in [5.41, 5.74) is -0.0388. The summed E-state index contributed by atoms with van der Waals surface area (Å²) < 4.78 is 5.34. The van der Waals surface area contributed by atoms with Crippen LogP contribution in [0.3, 0.4) is 0 Å². The van der Waals surface area contributed by atoms with Gasteiger partial charge < -0.3 is 10.1 Å². The summed E-state index contributed by atoms with van der Waals surface area (Å²) in [5.74, 6) is 0.672. The molecule has 0 amide bonds. The third kappa shape index (κ3) is 4.10. The number of hydrogen-bond acceptors (Lipinski definition) is 5. The van der Waals surface area contributed by atoms with Gasteiger partial charge in [0, 0.05) is 7.05 Å². The molecule has 1 N–H and O–H groups in total. The second-order valence-electron chi connectivity index (χ2n) is 3.34. The van der Waals surface area contributed by atoms with Crippen molar-refractivity contribution in [2.24, 2.45) is 0 Å². The van der Waals surface area contributed by atoms with E-state index in [1.807, 2.05) is 0 Å². The van der Waals surface area contributed by atoms with Gasteiger partial charge in [-0.15, -0.1) is 6.58 Å². The van der Waals surface area contributed by atoms with Gasteiger partial charge in [0.25, 0.3) is 5.69 Å². The molecule has 0 fully saturated rings. The number of anilines is 1. The van der Waals surface area contributed by atoms with E-state index in [2.05, 4.69) is 16.9 Å². The molecule has 0 saturated carbocycles. The minimum Gasteiger partial charge on any atom is -0.477 e. The summed E-state index contributed by atoms with van der Waals surface area (Å²) in [6.45, 7) is 4.06. The van der Waals surface area contributed by atoms with Crippen LogP contribution >= 0.6 is 0 Å². The maximum atomic E-state index is 10.7. The molecule has 0 aliphatic rings. The highest BCUT2D eigenvalue weighted by molar-refractivity contribution is 5.47. The molecule has 17 heavy (non-hydrogen) atoms. The van der Waals surface area contributed by atoms with Crippen LogP contribution in [0.25, 0.3) is 0 Å². The second-order valence-corrected chi connectivity index (χ2v) is 3.34. The highest BCUT2D eigenvalue weighted by atomic mass is 16.6. The molecule has 1 aromatic heterocycles. The summed E-state index contributed by atoms with van der Waals surface area (Å²) in [5, 5.41) is 13.4. The Morgan fingerprint density at radius 2 is 2.41 bits per heavy atom. The molecule has 92 valence electrons. The van der Waals surface area contributed by atoms with Gasteiger partial charge in [-0.1, -0.05) is 6.08 Å². The Bertz CT molecular complexity index is 407. The van der Waals surface area contributed by atoms with Crippen LogP contribution in [0, 0.1) is 10.1 Å². The van der Waals surface area contributed by atoms with Crippen molar-refractivity contribution in [2.75, 3.05) is 19.0 Å². The number of nitro groups is 1. The average Bonchev–Trinajstić information content (AvgIpc) is 2.34. The molecule has 0 atom stereocenters. The maximum Gasteiger partial charge on any atom is 0.278 e. The zero-order valence-electron chi connectivity index (χ0n) is 9.68. The van der Waals surface area contributed by atoms with E-state index in [-0.39, 0.29) is 11.6 Å². The Labute approximate surface area is 99.5 Å². The lowest BCUT2D eigenvalue weighted by Crippen LogP contribution is -2.02. The summed E-state index contributed by atoms with van der Waals surface area (Å²) >= 11 is 0. The predicted octanol–water partition coefficient (Wildman–Crippen LogP) is 2.38. The lowest BCUT2D eigenvalue weighted by molar-refractivity contribution is -0.384. The largest absolute Gasteiger partial charge is 0.477 e. The molecular formula is C11H15N3O3. The normalized spacial score (nSPS) is 9.71. The molecular weight excluding hydrogens is 222 g/mol. The Balaban J connectivity index is 2.73. The van der Waals surface area contributed by atoms with E-state index >= 15 is 0 Å². The SMILES string of the molecule is C=CCCCOc1cc([N+](=O)[O-])cc(NC)n1. The number of aromatic nitrogens is 1. The van der Waals surface area contributed by atoms with Crippen LogP contribution in [0.15, 0.2) is 24.8 Å². The van der Waals surface area contributed by atoms with Crippen molar-refractivity contribution in [3.63, 3.8) is 0 Å². The van der Waals surface area contributed by atoms with Crippen LogP contribution in [0.5, 0.6) is 5.88 Å². The van der Waals surface area contributed by atoms with Crippen molar-refractivity contribution in [1.82, 2.24) is 4.98 Å². The van der Waals surface area contributed by atoms with Crippen molar-refractivity contribution in [2.45, 2.75) is 12.8 Å². The number of hydrogen-bond donors (Lipinski definition) is 1. The fourth-order valence-electron chi connectivity index (χ4n) is 1.20. The van der Waals surface area contributed by atoms with Gasteiger partial charge in [0.1, 0.15) is 5.82 Å². The Morgan fingerprint density at radius 3 is 3.00 bits per heavy atom. The first-order valence-corrected chi connectivity index (χ1v) is 5.25. The molecule has 1 heterocycles. The molecule has 1 aromatic rings. The molecule has 0 bridgehead atoms. The number of ether oxygens (including phenoxy) is 1. The quantitative estimate of drug-likeness (QED) is 0.341. The number of unbranched alkanes of at least 4 members (excludes halogenated alkanes) is 1. The van der Waals surface area contributed by atoms with Crippen molar-refractivity contribution in [3.05, 3.63) is 34.9 Å². The van der Waals surface area contributed by atoms with Crippen LogP contribution in [0.1, 0.15) is 12.8 Å². The molecule has 0 aromatic carbocycles. The van der Waals surface area contributed by atoms with Crippen LogP contribution < -0.4 is 10.1 Å². The van der Waals surface area contributed by atoms with E-state index < -0.39 is 4.92 Å². The summed E-state index contributed by atoms with van der Waals surface area (Å²) in [6.07, 6.45) is 3.44. The number of rotatable bonds is 7. The maximum absolute atomic E-state index is 10.7. The zero-order valence-corrected chi connectivity index (χ0v) is 9.68. The third-order valence-corrected chi connectivity index (χ3v) is 2.06. The second kappa shape index (κ2) is 6.47. The minimum atomic E-state index is -0.473. The van der Waals surface area contributed by atoms with Gasteiger partial charge in [-0.25, -0.2) is 0 Å². The molecule has 0 spiro atoms. The highest BCUT2D eigenvalue weighted by Crippen LogP contribution is 2.21. The Morgan fingerprint density at radius 1 is 1.65 bits per heavy atom. The van der Waals surface area contributed by atoms with Crippen molar-refractivity contribution in [1.29, 1.82) is 0 Å². The van der Waals surface area contributed by atoms with Crippen LogP contribution in [-0.4, -0.2) is 23.6 Å². The monoisotopic (exact) mass is 237 g/mol. The molecule has 0 aliphatic heterocycles. The van der Waals surface area contributed by atoms with Crippen molar-refractivity contribution >= 4 is 11.5 Å². The first kappa shape index (κ1) is 13.0. The number of nitrogens with one attached hydrogen (secondary N) is 1. The highest BCUT2D eigenvalue weighted by Gasteiger charge is 2.11. The zero-order chi connectivity index (χ0) is 12.7. The first-order chi connectivity index (χ1) is 8.17. The van der Waals surface area contributed by atoms with E-state index in [1.54, 1.807) is 13.1 Å². The number of allylic oxidation sites excluding steroid dienone is 1. The van der Waals surface area contributed by atoms with Crippen molar-refractivity contribution in [3.8, 4) is 5.88 Å². The number of pyridine rings is 1. The van der Waals surface area contributed by atoms with E-state index in [0.29, 0.717) is 12.4 Å². The van der Waals surface area contributed by atoms with E-state index in [0.717, 1.165) is 12.8 Å². The minimum absolute atomic E-state index is 0.0388. The van der Waals surface area contributed by atoms with Gasteiger partial charge in [-0.3, -0.25) is 10.1 Å². The topological polar surface area (TPSA) is 77.3 Å². The lowest BCUT2D eigenvalue weighted by atomic mass is 10.3. The van der Waals surface area contributed by atoms with Gasteiger partial charge >= 0.3 is 0 Å². The third-order valence-electron chi connectivity index (χ3n) is 2.06. The lowest BCUT2D eigenvalue weighted by Gasteiger charge is -2.06. The van der Waals surface area contributed by atoms with E-state index in [9.17, 15) is 10.1 Å². The van der Waals surface area contributed by atoms with Crippen molar-refractivity contribution < 1.29 is 9.66 Å². The molecule has 0 unspecified atom stereocenters. The summed E-state index contributed by atoms with van der Waals surface area (Å²) in [7, 11) is 1.65. The van der Waals surface area contributed by atoms with Crippen LogP contribution in [-0.2, 0) is 0 Å². The molecule has 6 nitrogen and oxygen atoms in total. The molecule has 6 heteroatoms. The van der Waals surface area contributed by atoms with Gasteiger partial charge in [0.2, 0.25) is 5.88 Å². The fourth-order valence-corrected chi connectivity index (χ4v) is 1.20. The molecule has 0 saturated heterocycles. The van der Waals surface area contributed by atoms with Crippen LogP contribution in [0.2, 0.25) is 0 Å². The predicted molar refractivity (Wildman–Crippen MR) is 65.4 cm³/mol. The van der Waals surface area contributed by atoms with Gasteiger partial charge in [-0.05, 0) is 12.8 Å². The Hall–Kier alpha value is -2.11. The first-order valence-electron chi connectivity index (χ1n) is 5.25. The summed E-state index contributed by atoms with van der Waals surface area (Å²) in [4.78, 5) is 14.3. The van der Waals surface area contributed by atoms with Crippen LogP contribution in [0.4, 0.5) is 11.5 Å². The smallest absolute Gasteiger partial charge is 0.278 e. The van der Waals surface area contributed by atoms with Gasteiger partial charge in [0.05, 0.1) is 23.7 Å². The average molecular weight is 237 g/mol. The van der Waals surface area contributed by atoms with E-state index in [1.165, 1.54) is 12.1 Å². The molecule has 1 rings (SSSR count). The standard InChI is InChI=1S/C11H15N3O3/c1-3-4-5-6-17-11-8-9(14(15)16)7-10(12-2)13-11/h3,7-8H,1,4-6H2,2H3,(H,12,13). The molecule has 0 aliphatic carbocycles.